The van der Waals surface area contributed by atoms with Gasteiger partial charge in [0.2, 0.25) is 12.5 Å². The Morgan fingerprint density at radius 3 is 1.29 bits per heavy atom. The molecule has 0 fully saturated rings. The Bertz CT molecular complexity index is 1750. The molecule has 0 radical (unpaired) electrons. The van der Waals surface area contributed by atoms with Gasteiger partial charge in [-0.05, 0) is 36.4 Å². The second kappa shape index (κ2) is 16.4. The van der Waals surface area contributed by atoms with E-state index in [1.54, 1.807) is 36.4 Å². The average molecular weight is 692 g/mol. The zero-order valence-electron chi connectivity index (χ0n) is 24.9. The predicted molar refractivity (Wildman–Crippen MR) is 181 cm³/mol. The van der Waals surface area contributed by atoms with Gasteiger partial charge in [0, 0.05) is 32.3 Å². The quantitative estimate of drug-likeness (QED) is 0.171. The molecule has 12 nitrogen and oxygen atoms in total. The number of fused-ring (bicyclic) bond motifs is 2. The summed E-state index contributed by atoms with van der Waals surface area (Å²) in [7, 11) is 0. The number of benzene rings is 4. The predicted octanol–water partition coefficient (Wildman–Crippen LogP) is 4.83. The van der Waals surface area contributed by atoms with Crippen molar-refractivity contribution in [1.29, 1.82) is 0 Å². The summed E-state index contributed by atoms with van der Waals surface area (Å²) in [6.07, 6.45) is -3.46. The lowest BCUT2D eigenvalue weighted by atomic mass is 10.0. The minimum absolute atomic E-state index is 0.296. The molecule has 48 heavy (non-hydrogen) atoms. The van der Waals surface area contributed by atoms with Gasteiger partial charge in [-0.1, -0.05) is 83.9 Å². The number of halogens is 2. The van der Waals surface area contributed by atoms with Gasteiger partial charge in [-0.2, -0.15) is 0 Å². The third-order valence-electron chi connectivity index (χ3n) is 6.61. The number of carbonyl (C=O) groups is 4. The van der Waals surface area contributed by atoms with E-state index < -0.39 is 36.2 Å². The van der Waals surface area contributed by atoms with Gasteiger partial charge in [-0.25, -0.2) is 9.98 Å². The summed E-state index contributed by atoms with van der Waals surface area (Å²) in [5, 5.41) is 41.7. The first-order valence-electron chi connectivity index (χ1n) is 14.2. The number of rotatable bonds is 5. The fourth-order valence-corrected chi connectivity index (χ4v) is 4.75. The summed E-state index contributed by atoms with van der Waals surface area (Å²) in [6, 6.07) is 28.9. The van der Waals surface area contributed by atoms with Gasteiger partial charge in [0.25, 0.3) is 11.8 Å². The smallest absolute Gasteiger partial charge is 0.303 e. The van der Waals surface area contributed by atoms with Crippen molar-refractivity contribution in [2.24, 2.45) is 9.98 Å². The summed E-state index contributed by atoms with van der Waals surface area (Å²) in [4.78, 5) is 51.0. The van der Waals surface area contributed by atoms with Crippen LogP contribution < -0.4 is 10.6 Å². The number of aliphatic imine (C=N–C) groups is 2. The van der Waals surface area contributed by atoms with Gasteiger partial charge in [-0.15, -0.1) is 0 Å². The number of nitrogens with one attached hydrogen (secondary N) is 2. The minimum Gasteiger partial charge on any atom is -0.481 e. The Kier molecular flexibility index (Phi) is 12.1. The number of carbonyl (C=O) groups excluding carboxylic acids is 2. The maximum atomic E-state index is 11.7. The van der Waals surface area contributed by atoms with Gasteiger partial charge in [-0.3, -0.25) is 19.2 Å². The first-order valence-corrected chi connectivity index (χ1v) is 15.0. The Hall–Kier alpha value is -5.40. The Morgan fingerprint density at radius 2 is 0.958 bits per heavy atom. The number of hydrogen-bond acceptors (Lipinski definition) is 8. The third kappa shape index (κ3) is 9.56. The van der Waals surface area contributed by atoms with Crippen LogP contribution >= 0.6 is 23.2 Å². The van der Waals surface area contributed by atoms with Crippen LogP contribution in [0.25, 0.3) is 0 Å². The summed E-state index contributed by atoms with van der Waals surface area (Å²) in [6.45, 7) is 0. The largest absolute Gasteiger partial charge is 0.481 e. The van der Waals surface area contributed by atoms with E-state index in [0.717, 1.165) is 11.1 Å². The third-order valence-corrected chi connectivity index (χ3v) is 7.08. The van der Waals surface area contributed by atoms with Crippen LogP contribution in [0.5, 0.6) is 0 Å². The number of carboxylic acid groups (broad SMARTS) is 2. The van der Waals surface area contributed by atoms with Gasteiger partial charge in [0.15, 0.2) is 0 Å². The molecule has 0 aromatic heterocycles. The second-order valence-electron chi connectivity index (χ2n) is 10.1. The molecule has 4 aromatic rings. The molecule has 246 valence electrons. The van der Waals surface area contributed by atoms with Crippen LogP contribution in [0.1, 0.15) is 35.1 Å². The number of hydrogen-bond donors (Lipinski definition) is 6. The Balaban J connectivity index is 0.000000178. The molecule has 4 aromatic carbocycles. The van der Waals surface area contributed by atoms with E-state index in [9.17, 15) is 29.4 Å². The van der Waals surface area contributed by atoms with Crippen molar-refractivity contribution in [2.45, 2.75) is 25.3 Å². The SMILES string of the molecule is O=C(O)CCC(=O)O.O=C1Nc2ccc(Cl)cc2C(c2ccccc2)=NC1O.O=C1Nc2ccc(Cl)cc2C(c2ccccc2)=NC1O. The van der Waals surface area contributed by atoms with Crippen molar-refractivity contribution < 1.29 is 39.6 Å². The maximum Gasteiger partial charge on any atom is 0.303 e. The zero-order valence-corrected chi connectivity index (χ0v) is 26.4. The fourth-order valence-electron chi connectivity index (χ4n) is 4.40. The van der Waals surface area contributed by atoms with Gasteiger partial charge in [0.1, 0.15) is 0 Å². The second-order valence-corrected chi connectivity index (χ2v) is 11.0. The van der Waals surface area contributed by atoms with Crippen LogP contribution in [0.2, 0.25) is 10.0 Å². The summed E-state index contributed by atoms with van der Waals surface area (Å²) >= 11 is 12.1. The summed E-state index contributed by atoms with van der Waals surface area (Å²) < 4.78 is 0. The molecular weight excluding hydrogens is 663 g/mol. The summed E-state index contributed by atoms with van der Waals surface area (Å²) in [5.41, 5.74) is 5.24. The molecule has 0 saturated heterocycles. The van der Waals surface area contributed by atoms with E-state index in [0.29, 0.717) is 44.0 Å². The standard InChI is InChI=1S/2C15H11ClN2O2.C4H6O4/c2*16-10-6-7-12-11(8-10)13(9-4-2-1-3-5-9)18-15(20)14(19)17-12;5-3(6)1-2-4(7)8/h2*1-8,15,20H,(H,17,19);1-2H2,(H,5,6)(H,7,8). The highest BCUT2D eigenvalue weighted by atomic mass is 35.5. The van der Waals surface area contributed by atoms with Crippen molar-refractivity contribution in [2.75, 3.05) is 10.6 Å². The first kappa shape index (κ1) is 35.5. The van der Waals surface area contributed by atoms with E-state index in [1.807, 2.05) is 60.7 Å². The lowest BCUT2D eigenvalue weighted by Gasteiger charge is -2.10. The Morgan fingerprint density at radius 1 is 0.604 bits per heavy atom. The highest BCUT2D eigenvalue weighted by Crippen LogP contribution is 2.28. The molecular formula is C34H28Cl2N4O8. The fraction of sp³-hybridized carbons (Fsp3) is 0.118. The molecule has 14 heteroatoms. The van der Waals surface area contributed by atoms with E-state index in [4.69, 9.17) is 33.4 Å². The highest BCUT2D eigenvalue weighted by Gasteiger charge is 2.25. The van der Waals surface area contributed by atoms with E-state index in [2.05, 4.69) is 20.6 Å². The van der Waals surface area contributed by atoms with Crippen molar-refractivity contribution in [3.05, 3.63) is 129 Å². The number of aliphatic carboxylic acids is 2. The molecule has 6 rings (SSSR count). The number of anilines is 2. The lowest BCUT2D eigenvalue weighted by Crippen LogP contribution is -2.24. The molecule has 2 amide bonds. The first-order chi connectivity index (χ1) is 22.9. The normalized spacial score (nSPS) is 16.2. The molecule has 2 unspecified atom stereocenters. The number of benzodiazepines with no additional fused rings is 2. The maximum absolute atomic E-state index is 11.7. The van der Waals surface area contributed by atoms with Crippen LogP contribution in [0, 0.1) is 0 Å². The summed E-state index contributed by atoms with van der Waals surface area (Å²) in [5.74, 6) is -3.26. The monoisotopic (exact) mass is 690 g/mol. The van der Waals surface area contributed by atoms with E-state index >= 15 is 0 Å². The molecule has 0 spiro atoms. The van der Waals surface area contributed by atoms with Crippen molar-refractivity contribution in [3.8, 4) is 0 Å². The lowest BCUT2D eigenvalue weighted by molar-refractivity contribution is -0.143. The number of carboxylic acids is 2. The number of aliphatic hydroxyl groups is 2. The minimum atomic E-state index is -1.43. The van der Waals surface area contributed by atoms with E-state index in [-0.39, 0.29) is 12.8 Å². The molecule has 0 bridgehead atoms. The van der Waals surface area contributed by atoms with Crippen molar-refractivity contribution in [3.63, 3.8) is 0 Å². The molecule has 6 N–H and O–H groups in total. The van der Waals surface area contributed by atoms with Crippen molar-refractivity contribution in [1.82, 2.24) is 0 Å². The molecule has 0 aliphatic carbocycles. The van der Waals surface area contributed by atoms with Crippen LogP contribution in [-0.2, 0) is 19.2 Å². The molecule has 2 aliphatic rings. The Labute approximate surface area is 284 Å². The van der Waals surface area contributed by atoms with Crippen LogP contribution in [-0.4, -0.2) is 68.1 Å². The average Bonchev–Trinajstić information content (AvgIpc) is 3.28. The zero-order chi connectivity index (χ0) is 34.8. The van der Waals surface area contributed by atoms with Crippen LogP contribution in [0.3, 0.4) is 0 Å². The highest BCUT2D eigenvalue weighted by molar-refractivity contribution is 6.32. The topological polar surface area (TPSA) is 198 Å². The number of aliphatic hydroxyl groups excluding tert-OH is 2. The van der Waals surface area contributed by atoms with Gasteiger partial charge in [0.05, 0.1) is 35.6 Å². The van der Waals surface area contributed by atoms with Gasteiger partial charge >= 0.3 is 11.9 Å². The van der Waals surface area contributed by atoms with Gasteiger partial charge < -0.3 is 31.1 Å². The van der Waals surface area contributed by atoms with E-state index in [1.165, 1.54) is 0 Å². The number of amides is 2. The molecule has 2 heterocycles. The van der Waals surface area contributed by atoms with Crippen LogP contribution in [0.4, 0.5) is 11.4 Å². The molecule has 2 aliphatic heterocycles. The van der Waals surface area contributed by atoms with Crippen LogP contribution in [0.15, 0.2) is 107 Å². The molecule has 2 atom stereocenters. The number of nitrogens with zero attached hydrogens (tertiary/aromatic N) is 2. The van der Waals surface area contributed by atoms with Crippen molar-refractivity contribution >= 4 is 69.8 Å². The molecule has 0 saturated carbocycles.